The van der Waals surface area contributed by atoms with E-state index in [0.29, 0.717) is 11.2 Å². The van der Waals surface area contributed by atoms with Gasteiger partial charge in [-0.25, -0.2) is 9.59 Å². The molecule has 0 aliphatic heterocycles. The Morgan fingerprint density at radius 2 is 1.63 bits per heavy atom. The van der Waals surface area contributed by atoms with Gasteiger partial charge in [-0.1, -0.05) is 25.0 Å². The van der Waals surface area contributed by atoms with Gasteiger partial charge in [0.1, 0.15) is 11.2 Å². The molecule has 1 aliphatic carbocycles. The molecule has 1 saturated carbocycles. The summed E-state index contributed by atoms with van der Waals surface area (Å²) >= 11 is 0. The van der Waals surface area contributed by atoms with Crippen LogP contribution in [0.15, 0.2) is 30.5 Å². The van der Waals surface area contributed by atoms with Gasteiger partial charge in [0, 0.05) is 17.6 Å². The van der Waals surface area contributed by atoms with Gasteiger partial charge < -0.3 is 31.2 Å². The summed E-state index contributed by atoms with van der Waals surface area (Å²) in [6.45, 7) is 10.8. The SMILES string of the molecule is CC(C)(C)OC(=O)N[C@H]1CCCC[C@H]1Nc1nnc(C(N)=O)c(Nc2cccc3ccn(C(=O)OC(C)(C)C)c23)n1. The second kappa shape index (κ2) is 11.6. The lowest BCUT2D eigenvalue weighted by Gasteiger charge is -2.33. The zero-order chi connectivity index (χ0) is 29.9. The average molecular weight is 567 g/mol. The first-order valence-electron chi connectivity index (χ1n) is 13.6. The fourth-order valence-electron chi connectivity index (χ4n) is 4.63. The molecule has 13 heteroatoms. The van der Waals surface area contributed by atoms with E-state index in [1.807, 2.05) is 26.8 Å². The molecule has 2 atom stereocenters. The number of primary amides is 1. The van der Waals surface area contributed by atoms with Gasteiger partial charge in [0.25, 0.3) is 5.91 Å². The van der Waals surface area contributed by atoms with Crippen LogP contribution in [0.4, 0.5) is 27.0 Å². The van der Waals surface area contributed by atoms with E-state index >= 15 is 0 Å². The maximum Gasteiger partial charge on any atom is 0.419 e. The number of nitrogens with zero attached hydrogens (tertiary/aromatic N) is 4. The van der Waals surface area contributed by atoms with E-state index in [2.05, 4.69) is 31.1 Å². The normalized spacial score (nSPS) is 17.5. The molecule has 2 amide bonds. The Morgan fingerprint density at radius 1 is 0.951 bits per heavy atom. The van der Waals surface area contributed by atoms with E-state index in [4.69, 9.17) is 15.2 Å². The summed E-state index contributed by atoms with van der Waals surface area (Å²) in [7, 11) is 0. The molecule has 220 valence electrons. The fourth-order valence-corrected chi connectivity index (χ4v) is 4.63. The molecule has 0 spiro atoms. The van der Waals surface area contributed by atoms with Crippen molar-refractivity contribution in [3.63, 3.8) is 0 Å². The topological polar surface area (TPSA) is 175 Å². The Bertz CT molecular complexity index is 1440. The average Bonchev–Trinajstić information content (AvgIpc) is 3.29. The highest BCUT2D eigenvalue weighted by atomic mass is 16.6. The monoisotopic (exact) mass is 566 g/mol. The number of benzene rings is 1. The van der Waals surface area contributed by atoms with Crippen molar-refractivity contribution >= 4 is 46.5 Å². The zero-order valence-corrected chi connectivity index (χ0v) is 24.3. The summed E-state index contributed by atoms with van der Waals surface area (Å²) in [5.74, 6) is -0.613. The van der Waals surface area contributed by atoms with E-state index in [0.717, 1.165) is 31.1 Å². The Hall–Kier alpha value is -4.42. The molecule has 3 aromatic rings. The number of carbonyl (C=O) groups excluding carboxylic acids is 3. The van der Waals surface area contributed by atoms with Crippen LogP contribution in [0.1, 0.15) is 77.7 Å². The van der Waals surface area contributed by atoms with Gasteiger partial charge in [-0.15, -0.1) is 10.2 Å². The minimum Gasteiger partial charge on any atom is -0.444 e. The van der Waals surface area contributed by atoms with Gasteiger partial charge in [0.15, 0.2) is 11.5 Å². The lowest BCUT2D eigenvalue weighted by Crippen LogP contribution is -2.50. The molecule has 1 aliphatic rings. The van der Waals surface area contributed by atoms with Gasteiger partial charge in [-0.3, -0.25) is 9.36 Å². The third-order valence-electron chi connectivity index (χ3n) is 6.26. The first kappa shape index (κ1) is 29.6. The van der Waals surface area contributed by atoms with Crippen molar-refractivity contribution in [1.82, 2.24) is 25.1 Å². The first-order chi connectivity index (χ1) is 19.2. The van der Waals surface area contributed by atoms with E-state index < -0.39 is 29.3 Å². The molecule has 41 heavy (non-hydrogen) atoms. The van der Waals surface area contributed by atoms with Crippen molar-refractivity contribution in [1.29, 1.82) is 0 Å². The molecule has 1 aromatic carbocycles. The summed E-state index contributed by atoms with van der Waals surface area (Å²) < 4.78 is 12.4. The minimum atomic E-state index is -0.823. The van der Waals surface area contributed by atoms with Gasteiger partial charge in [-0.2, -0.15) is 4.98 Å². The molecule has 4 rings (SSSR count). The number of hydrogen-bond donors (Lipinski definition) is 4. The lowest BCUT2D eigenvalue weighted by molar-refractivity contribution is 0.0486. The second-order valence-electron chi connectivity index (χ2n) is 12.0. The number of fused-ring (bicyclic) bond motifs is 1. The number of alkyl carbamates (subject to hydrolysis) is 1. The minimum absolute atomic E-state index is 0.0619. The predicted octanol–water partition coefficient (Wildman–Crippen LogP) is 4.70. The van der Waals surface area contributed by atoms with Crippen LogP contribution in [-0.4, -0.2) is 61.1 Å². The van der Waals surface area contributed by atoms with E-state index in [-0.39, 0.29) is 29.5 Å². The molecule has 13 nitrogen and oxygen atoms in total. The summed E-state index contributed by atoms with van der Waals surface area (Å²) in [4.78, 5) is 42.1. The number of nitrogens with one attached hydrogen (secondary N) is 3. The van der Waals surface area contributed by atoms with Gasteiger partial charge in [-0.05, 0) is 66.5 Å². The summed E-state index contributed by atoms with van der Waals surface area (Å²) in [5, 5.41) is 18.2. The Labute approximate surface area is 238 Å². The molecule has 2 heterocycles. The summed E-state index contributed by atoms with van der Waals surface area (Å²) in [6, 6.07) is 6.76. The van der Waals surface area contributed by atoms with Gasteiger partial charge in [0.05, 0.1) is 17.2 Å². The van der Waals surface area contributed by atoms with Crippen LogP contribution in [0.2, 0.25) is 0 Å². The summed E-state index contributed by atoms with van der Waals surface area (Å²) in [5.41, 5.74) is 5.11. The molecular weight excluding hydrogens is 528 g/mol. The smallest absolute Gasteiger partial charge is 0.419 e. The van der Waals surface area contributed by atoms with Crippen LogP contribution in [0.3, 0.4) is 0 Å². The second-order valence-corrected chi connectivity index (χ2v) is 12.0. The molecule has 0 bridgehead atoms. The number of ether oxygens (including phenoxy) is 2. The van der Waals surface area contributed by atoms with E-state index in [1.54, 1.807) is 45.2 Å². The number of para-hydroxylation sites is 1. The quantitative estimate of drug-likeness (QED) is 0.327. The van der Waals surface area contributed by atoms with Crippen molar-refractivity contribution < 1.29 is 23.9 Å². The number of aromatic nitrogens is 4. The molecule has 0 saturated heterocycles. The first-order valence-corrected chi connectivity index (χ1v) is 13.6. The Balaban J connectivity index is 1.62. The third-order valence-corrected chi connectivity index (χ3v) is 6.26. The zero-order valence-electron chi connectivity index (χ0n) is 24.3. The Kier molecular flexibility index (Phi) is 8.36. The number of hydrogen-bond acceptors (Lipinski definition) is 10. The van der Waals surface area contributed by atoms with E-state index in [9.17, 15) is 14.4 Å². The number of rotatable bonds is 6. The number of nitrogens with two attached hydrogens (primary N) is 1. The molecular formula is C28H38N8O5. The molecule has 5 N–H and O–H groups in total. The van der Waals surface area contributed by atoms with Crippen molar-refractivity contribution in [2.45, 2.75) is 90.5 Å². The molecule has 0 unspecified atom stereocenters. The van der Waals surface area contributed by atoms with Crippen LogP contribution >= 0.6 is 0 Å². The van der Waals surface area contributed by atoms with Crippen LogP contribution in [0.5, 0.6) is 0 Å². The van der Waals surface area contributed by atoms with Crippen LogP contribution in [0, 0.1) is 0 Å². The number of carbonyl (C=O) groups is 3. The van der Waals surface area contributed by atoms with Crippen LogP contribution in [-0.2, 0) is 9.47 Å². The predicted molar refractivity (Wildman–Crippen MR) is 154 cm³/mol. The largest absolute Gasteiger partial charge is 0.444 e. The highest BCUT2D eigenvalue weighted by Crippen LogP contribution is 2.29. The van der Waals surface area contributed by atoms with Gasteiger partial charge in [0.2, 0.25) is 5.95 Å². The maximum absolute atomic E-state index is 12.9. The standard InChI is InChI=1S/C28H38N8O5/c1-27(2,3)40-25(38)32-18-12-8-7-11-17(18)31-24-33-23(20(22(29)37)34-35-24)30-19-13-9-10-16-14-15-36(21(16)19)26(39)41-28(4,5)6/h9-10,13-15,17-18H,7-8,11-12H2,1-6H3,(H2,29,37)(H,32,38)(H2,30,31,33,35)/t17-,18+/m1/s1. The van der Waals surface area contributed by atoms with Crippen molar-refractivity contribution in [2.24, 2.45) is 5.73 Å². The number of amides is 2. The maximum atomic E-state index is 12.9. The van der Waals surface area contributed by atoms with Crippen LogP contribution < -0.4 is 21.7 Å². The van der Waals surface area contributed by atoms with Gasteiger partial charge >= 0.3 is 12.2 Å². The fraction of sp³-hybridized carbons (Fsp3) is 0.500. The number of anilines is 3. The highest BCUT2D eigenvalue weighted by molar-refractivity contribution is 6.01. The molecule has 2 aromatic heterocycles. The third kappa shape index (κ3) is 7.62. The van der Waals surface area contributed by atoms with Crippen molar-refractivity contribution in [2.75, 3.05) is 10.6 Å². The van der Waals surface area contributed by atoms with Crippen LogP contribution in [0.25, 0.3) is 10.9 Å². The highest BCUT2D eigenvalue weighted by Gasteiger charge is 2.30. The van der Waals surface area contributed by atoms with Crippen molar-refractivity contribution in [3.8, 4) is 0 Å². The molecule has 0 radical (unpaired) electrons. The van der Waals surface area contributed by atoms with E-state index in [1.165, 1.54) is 4.57 Å². The Morgan fingerprint density at radius 3 is 2.29 bits per heavy atom. The lowest BCUT2D eigenvalue weighted by atomic mass is 9.90. The molecule has 1 fully saturated rings. The van der Waals surface area contributed by atoms with Crippen molar-refractivity contribution in [3.05, 3.63) is 36.2 Å². The summed E-state index contributed by atoms with van der Waals surface area (Å²) in [6.07, 6.45) is 3.97.